The van der Waals surface area contributed by atoms with Gasteiger partial charge in [0.1, 0.15) is 0 Å². The molecule has 1 N–H and O–H groups in total. The summed E-state index contributed by atoms with van der Waals surface area (Å²) in [7, 11) is 0. The second-order valence-electron chi connectivity index (χ2n) is 6.99. The lowest BCUT2D eigenvalue weighted by atomic mass is 10.0. The van der Waals surface area contributed by atoms with Crippen LogP contribution in [0.5, 0.6) is 0 Å². The quantitative estimate of drug-likeness (QED) is 0.839. The SMILES string of the molecule is CCn1nc(C(=O)O)c2c1CCN(C(=O)c1cc3c(s1)CCCCC3)C2. The fraction of sp³-hybridized carbons (Fsp3) is 0.526. The van der Waals surface area contributed by atoms with Crippen molar-refractivity contribution in [2.24, 2.45) is 0 Å². The van der Waals surface area contributed by atoms with E-state index in [0.29, 0.717) is 31.6 Å². The number of nitrogens with zero attached hydrogens (tertiary/aromatic N) is 3. The molecule has 0 saturated heterocycles. The van der Waals surface area contributed by atoms with Crippen LogP contribution in [-0.4, -0.2) is 38.2 Å². The Hall–Kier alpha value is -2.15. The Bertz CT molecular complexity index is 844. The Morgan fingerprint density at radius 1 is 1.23 bits per heavy atom. The first-order valence-corrected chi connectivity index (χ1v) is 10.1. The van der Waals surface area contributed by atoms with Gasteiger partial charge in [-0.15, -0.1) is 11.3 Å². The molecule has 6 nitrogen and oxygen atoms in total. The van der Waals surface area contributed by atoms with Gasteiger partial charge in [-0.1, -0.05) is 6.42 Å². The second-order valence-corrected chi connectivity index (χ2v) is 8.13. The molecule has 4 rings (SSSR count). The molecule has 0 radical (unpaired) electrons. The number of carbonyl (C=O) groups excluding carboxylic acids is 1. The number of amides is 1. The van der Waals surface area contributed by atoms with E-state index < -0.39 is 5.97 Å². The first-order chi connectivity index (χ1) is 12.6. The number of aryl methyl sites for hydroxylation is 3. The van der Waals surface area contributed by atoms with Gasteiger partial charge < -0.3 is 10.0 Å². The zero-order valence-corrected chi connectivity index (χ0v) is 15.8. The van der Waals surface area contributed by atoms with E-state index in [1.807, 2.05) is 6.92 Å². The lowest BCUT2D eigenvalue weighted by Gasteiger charge is -2.27. The van der Waals surface area contributed by atoms with Gasteiger partial charge in [0, 0.05) is 35.6 Å². The zero-order valence-electron chi connectivity index (χ0n) is 15.0. The summed E-state index contributed by atoms with van der Waals surface area (Å²) in [5.41, 5.74) is 3.06. The van der Waals surface area contributed by atoms with Gasteiger partial charge in [-0.05, 0) is 44.2 Å². The van der Waals surface area contributed by atoms with Crippen LogP contribution >= 0.6 is 11.3 Å². The molecule has 1 aliphatic heterocycles. The van der Waals surface area contributed by atoms with Crippen LogP contribution in [0.15, 0.2) is 6.07 Å². The molecule has 26 heavy (non-hydrogen) atoms. The van der Waals surface area contributed by atoms with Crippen LogP contribution in [0.2, 0.25) is 0 Å². The third-order valence-corrected chi connectivity index (χ3v) is 6.61. The maximum absolute atomic E-state index is 13.0. The van der Waals surface area contributed by atoms with E-state index in [0.717, 1.165) is 23.4 Å². The van der Waals surface area contributed by atoms with Crippen LogP contribution in [0.4, 0.5) is 0 Å². The maximum atomic E-state index is 13.0. The average molecular weight is 373 g/mol. The van der Waals surface area contributed by atoms with Gasteiger partial charge in [0.15, 0.2) is 5.69 Å². The second kappa shape index (κ2) is 6.87. The molecule has 138 valence electrons. The molecule has 7 heteroatoms. The largest absolute Gasteiger partial charge is 0.476 e. The minimum atomic E-state index is -1.02. The summed E-state index contributed by atoms with van der Waals surface area (Å²) in [4.78, 5) is 28.5. The number of hydrogen-bond donors (Lipinski definition) is 1. The van der Waals surface area contributed by atoms with Gasteiger partial charge in [0.2, 0.25) is 0 Å². The fourth-order valence-electron chi connectivity index (χ4n) is 4.03. The molecule has 1 aliphatic carbocycles. The Balaban J connectivity index is 1.60. The topological polar surface area (TPSA) is 75.4 Å². The normalized spacial score (nSPS) is 16.7. The van der Waals surface area contributed by atoms with E-state index in [2.05, 4.69) is 11.2 Å². The number of fused-ring (bicyclic) bond motifs is 2. The summed E-state index contributed by atoms with van der Waals surface area (Å²) in [6, 6.07) is 2.07. The van der Waals surface area contributed by atoms with E-state index >= 15 is 0 Å². The predicted molar refractivity (Wildman–Crippen MR) is 98.9 cm³/mol. The molecule has 0 unspecified atom stereocenters. The number of carbonyl (C=O) groups is 2. The van der Waals surface area contributed by atoms with E-state index in [1.54, 1.807) is 20.9 Å². The molecule has 2 aromatic heterocycles. The number of aromatic nitrogens is 2. The van der Waals surface area contributed by atoms with E-state index in [4.69, 9.17) is 0 Å². The summed E-state index contributed by atoms with van der Waals surface area (Å²) in [6.07, 6.45) is 6.45. The highest BCUT2D eigenvalue weighted by molar-refractivity contribution is 7.14. The van der Waals surface area contributed by atoms with Crippen molar-refractivity contribution in [3.8, 4) is 0 Å². The standard InChI is InChI=1S/C19H23N3O3S/c1-2-22-14-8-9-21(11-13(14)17(20-22)19(24)25)18(23)16-10-12-6-4-3-5-7-15(12)26-16/h10H,2-9,11H2,1H3,(H,24,25). The lowest BCUT2D eigenvalue weighted by Crippen LogP contribution is -2.36. The Kier molecular flexibility index (Phi) is 4.56. The molecule has 1 amide bonds. The summed E-state index contributed by atoms with van der Waals surface area (Å²) < 4.78 is 1.76. The molecule has 0 spiro atoms. The van der Waals surface area contributed by atoms with E-state index in [-0.39, 0.29) is 11.6 Å². The Morgan fingerprint density at radius 2 is 2.04 bits per heavy atom. The summed E-state index contributed by atoms with van der Waals surface area (Å²) in [5.74, 6) is -1.00. The van der Waals surface area contributed by atoms with Crippen LogP contribution in [0, 0.1) is 0 Å². The van der Waals surface area contributed by atoms with Crippen LogP contribution in [0.1, 0.15) is 68.0 Å². The van der Waals surface area contributed by atoms with Crippen molar-refractivity contribution in [1.82, 2.24) is 14.7 Å². The Labute approximate surface area is 156 Å². The van der Waals surface area contributed by atoms with Crippen LogP contribution in [0.25, 0.3) is 0 Å². The summed E-state index contributed by atoms with van der Waals surface area (Å²) >= 11 is 1.62. The molecular formula is C19H23N3O3S. The fourth-order valence-corrected chi connectivity index (χ4v) is 5.25. The first kappa shape index (κ1) is 17.3. The van der Waals surface area contributed by atoms with Crippen molar-refractivity contribution in [2.75, 3.05) is 6.54 Å². The van der Waals surface area contributed by atoms with Crippen molar-refractivity contribution >= 4 is 23.2 Å². The van der Waals surface area contributed by atoms with Crippen molar-refractivity contribution in [3.63, 3.8) is 0 Å². The number of aromatic carboxylic acids is 1. The van der Waals surface area contributed by atoms with Crippen LogP contribution in [0.3, 0.4) is 0 Å². The predicted octanol–water partition coefficient (Wildman–Crippen LogP) is 3.13. The first-order valence-electron chi connectivity index (χ1n) is 9.31. The van der Waals surface area contributed by atoms with Crippen molar-refractivity contribution in [2.45, 2.75) is 58.5 Å². The molecule has 3 heterocycles. The highest BCUT2D eigenvalue weighted by Crippen LogP contribution is 2.31. The zero-order chi connectivity index (χ0) is 18.3. The third kappa shape index (κ3) is 2.94. The molecular weight excluding hydrogens is 350 g/mol. The van der Waals surface area contributed by atoms with E-state index in [1.165, 1.54) is 29.7 Å². The van der Waals surface area contributed by atoms with Crippen LogP contribution < -0.4 is 0 Å². The number of rotatable bonds is 3. The van der Waals surface area contributed by atoms with Gasteiger partial charge in [-0.25, -0.2) is 4.79 Å². The van der Waals surface area contributed by atoms with Gasteiger partial charge in [0.05, 0.1) is 11.4 Å². The Morgan fingerprint density at radius 3 is 2.81 bits per heavy atom. The minimum Gasteiger partial charge on any atom is -0.476 e. The number of thiophene rings is 1. The van der Waals surface area contributed by atoms with Crippen molar-refractivity contribution in [1.29, 1.82) is 0 Å². The molecule has 0 fully saturated rings. The summed E-state index contributed by atoms with van der Waals surface area (Å²) in [6.45, 7) is 3.54. The molecule has 2 aliphatic rings. The maximum Gasteiger partial charge on any atom is 0.356 e. The summed E-state index contributed by atoms with van der Waals surface area (Å²) in [5, 5.41) is 13.7. The molecule has 0 bridgehead atoms. The highest BCUT2D eigenvalue weighted by atomic mass is 32.1. The van der Waals surface area contributed by atoms with Gasteiger partial charge >= 0.3 is 5.97 Å². The van der Waals surface area contributed by atoms with E-state index in [9.17, 15) is 14.7 Å². The van der Waals surface area contributed by atoms with Crippen molar-refractivity contribution in [3.05, 3.63) is 38.3 Å². The van der Waals surface area contributed by atoms with Gasteiger partial charge in [-0.2, -0.15) is 5.10 Å². The highest BCUT2D eigenvalue weighted by Gasteiger charge is 2.31. The van der Waals surface area contributed by atoms with Crippen molar-refractivity contribution < 1.29 is 14.7 Å². The average Bonchev–Trinajstić information content (AvgIpc) is 3.15. The molecule has 0 aromatic carbocycles. The molecule has 0 atom stereocenters. The molecule has 0 saturated carbocycles. The number of carboxylic acids is 1. The minimum absolute atomic E-state index is 0.0225. The third-order valence-electron chi connectivity index (χ3n) is 5.38. The monoisotopic (exact) mass is 373 g/mol. The van der Waals surface area contributed by atoms with Gasteiger partial charge in [-0.3, -0.25) is 9.48 Å². The number of carboxylic acid groups (broad SMARTS) is 1. The van der Waals surface area contributed by atoms with Crippen LogP contribution in [-0.2, 0) is 32.4 Å². The van der Waals surface area contributed by atoms with Gasteiger partial charge in [0.25, 0.3) is 5.91 Å². The lowest BCUT2D eigenvalue weighted by molar-refractivity contribution is 0.0675. The molecule has 2 aromatic rings. The number of hydrogen-bond acceptors (Lipinski definition) is 4. The smallest absolute Gasteiger partial charge is 0.356 e.